The van der Waals surface area contributed by atoms with Gasteiger partial charge in [-0.15, -0.1) is 0 Å². The fourth-order valence-corrected chi connectivity index (χ4v) is 1.33. The maximum atomic E-state index is 11.0. The lowest BCUT2D eigenvalue weighted by Gasteiger charge is -2.09. The predicted octanol–water partition coefficient (Wildman–Crippen LogP) is 2.32. The molecule has 1 rings (SSSR count). The van der Waals surface area contributed by atoms with Gasteiger partial charge in [-0.3, -0.25) is 14.4 Å². The van der Waals surface area contributed by atoms with Crippen molar-refractivity contribution in [1.29, 1.82) is 0 Å². The van der Waals surface area contributed by atoms with Gasteiger partial charge in [0.2, 0.25) is 5.24 Å². The van der Waals surface area contributed by atoms with E-state index in [0.29, 0.717) is 5.56 Å². The molecule has 0 N–H and O–H groups in total. The van der Waals surface area contributed by atoms with Crippen LogP contribution in [0.5, 0.6) is 11.5 Å². The highest BCUT2D eigenvalue weighted by molar-refractivity contribution is 6.66. The molecular formula is C13H11ClO5. The van der Waals surface area contributed by atoms with Gasteiger partial charge in [-0.25, -0.2) is 0 Å². The van der Waals surface area contributed by atoms with Crippen LogP contribution >= 0.6 is 11.6 Å². The van der Waals surface area contributed by atoms with Gasteiger partial charge in [0.25, 0.3) is 0 Å². The van der Waals surface area contributed by atoms with E-state index in [1.807, 2.05) is 0 Å². The van der Waals surface area contributed by atoms with Crippen LogP contribution in [0.3, 0.4) is 0 Å². The van der Waals surface area contributed by atoms with E-state index in [1.54, 1.807) is 6.07 Å². The predicted molar refractivity (Wildman–Crippen MR) is 69.0 cm³/mol. The van der Waals surface area contributed by atoms with Crippen molar-refractivity contribution in [3.05, 3.63) is 29.8 Å². The number of hydrogen-bond acceptors (Lipinski definition) is 5. The van der Waals surface area contributed by atoms with Gasteiger partial charge in [-0.05, 0) is 35.4 Å². The first-order valence-electron chi connectivity index (χ1n) is 5.27. The minimum Gasteiger partial charge on any atom is -0.423 e. The molecule has 0 atom stereocenters. The summed E-state index contributed by atoms with van der Waals surface area (Å²) in [7, 11) is 0. The Morgan fingerprint density at radius 1 is 1.05 bits per heavy atom. The lowest BCUT2D eigenvalue weighted by atomic mass is 10.2. The van der Waals surface area contributed by atoms with Gasteiger partial charge in [0.1, 0.15) is 0 Å². The van der Waals surface area contributed by atoms with Crippen LogP contribution < -0.4 is 9.47 Å². The zero-order chi connectivity index (χ0) is 14.4. The Morgan fingerprint density at radius 3 is 2.16 bits per heavy atom. The molecule has 0 amide bonds. The van der Waals surface area contributed by atoms with Gasteiger partial charge in [0.05, 0.1) is 0 Å². The van der Waals surface area contributed by atoms with E-state index in [0.717, 1.165) is 6.08 Å². The van der Waals surface area contributed by atoms with Gasteiger partial charge in [0.15, 0.2) is 11.5 Å². The third-order valence-electron chi connectivity index (χ3n) is 1.88. The molecule has 0 saturated carbocycles. The normalized spacial score (nSPS) is 10.3. The van der Waals surface area contributed by atoms with Crippen LogP contribution in [-0.2, 0) is 14.4 Å². The lowest BCUT2D eigenvalue weighted by Crippen LogP contribution is -2.07. The molecule has 0 aliphatic rings. The monoisotopic (exact) mass is 282 g/mol. The van der Waals surface area contributed by atoms with E-state index in [9.17, 15) is 14.4 Å². The van der Waals surface area contributed by atoms with Crippen molar-refractivity contribution in [2.24, 2.45) is 0 Å². The van der Waals surface area contributed by atoms with Crippen LogP contribution in [0.25, 0.3) is 6.08 Å². The first-order valence-corrected chi connectivity index (χ1v) is 5.64. The molecule has 6 heteroatoms. The summed E-state index contributed by atoms with van der Waals surface area (Å²) < 4.78 is 9.82. The molecule has 0 spiro atoms. The molecule has 0 unspecified atom stereocenters. The molecule has 1 aromatic rings. The Morgan fingerprint density at radius 2 is 1.63 bits per heavy atom. The molecule has 0 aromatic heterocycles. The van der Waals surface area contributed by atoms with E-state index in [-0.39, 0.29) is 11.5 Å². The third-order valence-corrected chi connectivity index (χ3v) is 2.01. The average molecular weight is 283 g/mol. The van der Waals surface area contributed by atoms with Crippen LogP contribution in [0.1, 0.15) is 19.4 Å². The molecule has 0 heterocycles. The van der Waals surface area contributed by atoms with Crippen LogP contribution in [0.2, 0.25) is 0 Å². The molecule has 0 fully saturated rings. The van der Waals surface area contributed by atoms with Crippen molar-refractivity contribution in [1.82, 2.24) is 0 Å². The van der Waals surface area contributed by atoms with Gasteiger partial charge in [-0.2, -0.15) is 0 Å². The van der Waals surface area contributed by atoms with Crippen molar-refractivity contribution in [3.63, 3.8) is 0 Å². The number of benzene rings is 1. The minimum atomic E-state index is -0.627. The summed E-state index contributed by atoms with van der Waals surface area (Å²) in [5.74, 6) is -0.875. The second-order valence-electron chi connectivity index (χ2n) is 3.53. The number of carbonyl (C=O) groups is 3. The van der Waals surface area contributed by atoms with Gasteiger partial charge >= 0.3 is 11.9 Å². The summed E-state index contributed by atoms with van der Waals surface area (Å²) in [6.45, 7) is 2.46. The zero-order valence-electron chi connectivity index (χ0n) is 10.3. The van der Waals surface area contributed by atoms with Gasteiger partial charge in [-0.1, -0.05) is 12.1 Å². The van der Waals surface area contributed by atoms with Gasteiger partial charge in [0, 0.05) is 13.8 Å². The van der Waals surface area contributed by atoms with E-state index in [2.05, 4.69) is 0 Å². The number of esters is 2. The standard InChI is InChI=1S/C13H11ClO5/c1-8(15)18-11-5-3-10(4-6-13(14)17)7-12(11)19-9(2)16/h3-7H,1-2H3. The largest absolute Gasteiger partial charge is 0.423 e. The molecule has 0 radical (unpaired) electrons. The maximum Gasteiger partial charge on any atom is 0.308 e. The summed E-state index contributed by atoms with van der Waals surface area (Å²) in [6, 6.07) is 4.50. The molecule has 0 saturated heterocycles. The number of ether oxygens (including phenoxy) is 2. The Bertz CT molecular complexity index is 548. The summed E-state index contributed by atoms with van der Waals surface area (Å²) >= 11 is 5.17. The summed E-state index contributed by atoms with van der Waals surface area (Å²) in [5.41, 5.74) is 0.571. The number of carbonyl (C=O) groups excluding carboxylic acids is 3. The molecular weight excluding hydrogens is 272 g/mol. The maximum absolute atomic E-state index is 11.0. The van der Waals surface area contributed by atoms with Crippen LogP contribution in [0.4, 0.5) is 0 Å². The van der Waals surface area contributed by atoms with Crippen molar-refractivity contribution in [2.45, 2.75) is 13.8 Å². The van der Waals surface area contributed by atoms with E-state index >= 15 is 0 Å². The Kier molecular flexibility index (Phi) is 5.26. The average Bonchev–Trinajstić information content (AvgIpc) is 2.28. The molecule has 0 bridgehead atoms. The highest BCUT2D eigenvalue weighted by Crippen LogP contribution is 2.29. The molecule has 1 aromatic carbocycles. The smallest absolute Gasteiger partial charge is 0.308 e. The third kappa shape index (κ3) is 5.35. The Labute approximate surface area is 114 Å². The number of allylic oxidation sites excluding steroid dienone is 1. The zero-order valence-corrected chi connectivity index (χ0v) is 11.1. The van der Waals surface area contributed by atoms with Crippen molar-refractivity contribution in [3.8, 4) is 11.5 Å². The van der Waals surface area contributed by atoms with Crippen LogP contribution in [-0.4, -0.2) is 17.2 Å². The van der Waals surface area contributed by atoms with E-state index in [4.69, 9.17) is 21.1 Å². The first kappa shape index (κ1) is 14.9. The number of halogens is 1. The fourth-order valence-electron chi connectivity index (χ4n) is 1.26. The number of rotatable bonds is 4. The van der Waals surface area contributed by atoms with Crippen LogP contribution in [0, 0.1) is 0 Å². The first-order chi connectivity index (χ1) is 8.88. The second kappa shape index (κ2) is 6.70. The van der Waals surface area contributed by atoms with E-state index < -0.39 is 17.2 Å². The summed E-state index contributed by atoms with van der Waals surface area (Å²) in [5, 5.41) is -0.627. The molecule has 19 heavy (non-hydrogen) atoms. The minimum absolute atomic E-state index is 0.0897. The van der Waals surface area contributed by atoms with Crippen molar-refractivity contribution >= 4 is 34.9 Å². The lowest BCUT2D eigenvalue weighted by molar-refractivity contribution is -0.134. The number of hydrogen-bond donors (Lipinski definition) is 0. The Hall–Kier alpha value is -2.14. The van der Waals surface area contributed by atoms with Crippen molar-refractivity contribution in [2.75, 3.05) is 0 Å². The van der Waals surface area contributed by atoms with Gasteiger partial charge < -0.3 is 9.47 Å². The summed E-state index contributed by atoms with van der Waals surface area (Å²) in [4.78, 5) is 32.5. The molecule has 100 valence electrons. The van der Waals surface area contributed by atoms with Crippen LogP contribution in [0.15, 0.2) is 24.3 Å². The second-order valence-corrected chi connectivity index (χ2v) is 3.90. The highest BCUT2D eigenvalue weighted by Gasteiger charge is 2.10. The van der Waals surface area contributed by atoms with Crippen molar-refractivity contribution < 1.29 is 23.9 Å². The SMILES string of the molecule is CC(=O)Oc1ccc(C=CC(=O)Cl)cc1OC(C)=O. The molecule has 0 aliphatic heterocycles. The highest BCUT2D eigenvalue weighted by atomic mass is 35.5. The fraction of sp³-hybridized carbons (Fsp3) is 0.154. The topological polar surface area (TPSA) is 69.7 Å². The molecule has 0 aliphatic carbocycles. The molecule has 5 nitrogen and oxygen atoms in total. The summed E-state index contributed by atoms with van der Waals surface area (Å²) in [6.07, 6.45) is 2.60. The quantitative estimate of drug-likeness (QED) is 0.367. The van der Waals surface area contributed by atoms with E-state index in [1.165, 1.54) is 32.1 Å². The Balaban J connectivity index is 3.10.